The lowest BCUT2D eigenvalue weighted by atomic mass is 10.2. The van der Waals surface area contributed by atoms with Gasteiger partial charge in [0, 0.05) is 24.5 Å². The molecule has 0 atom stereocenters. The van der Waals surface area contributed by atoms with Crippen LogP contribution in [0.4, 0.5) is 5.69 Å². The van der Waals surface area contributed by atoms with Crippen LogP contribution in [0.15, 0.2) is 41.0 Å². The molecule has 0 fully saturated rings. The number of nitro benzene ring substituents is 1. The summed E-state index contributed by atoms with van der Waals surface area (Å²) >= 11 is 3.31. The van der Waals surface area contributed by atoms with Crippen molar-refractivity contribution in [3.8, 4) is 0 Å². The van der Waals surface area contributed by atoms with Crippen LogP contribution in [0.2, 0.25) is 0 Å². The Morgan fingerprint density at radius 1 is 1.32 bits per heavy atom. The summed E-state index contributed by atoms with van der Waals surface area (Å²) in [4.78, 5) is 10.5. The largest absolute Gasteiger partial charge is 0.347 e. The Labute approximate surface area is 119 Å². The van der Waals surface area contributed by atoms with E-state index in [9.17, 15) is 10.1 Å². The second-order valence-corrected chi connectivity index (χ2v) is 4.97. The summed E-state index contributed by atoms with van der Waals surface area (Å²) < 4.78 is 2.59. The standard InChI is InChI=1S/C13H14BrN3O2/c14-13-10(3-1-5-12(13)17(18)19)9-16-8-2-4-11(16)6-7-15/h1-5,8H,6-7,9,15H2. The van der Waals surface area contributed by atoms with Crippen LogP contribution in [0.3, 0.4) is 0 Å². The third-order valence-corrected chi connectivity index (χ3v) is 3.84. The van der Waals surface area contributed by atoms with Gasteiger partial charge in [-0.25, -0.2) is 0 Å². The third-order valence-electron chi connectivity index (χ3n) is 2.92. The van der Waals surface area contributed by atoms with Crippen LogP contribution in [-0.2, 0) is 13.0 Å². The molecule has 0 saturated heterocycles. The fourth-order valence-electron chi connectivity index (χ4n) is 1.99. The molecule has 0 aliphatic carbocycles. The van der Waals surface area contributed by atoms with E-state index in [4.69, 9.17) is 5.73 Å². The molecule has 6 heteroatoms. The molecule has 0 radical (unpaired) electrons. The van der Waals surface area contributed by atoms with Crippen molar-refractivity contribution >= 4 is 21.6 Å². The van der Waals surface area contributed by atoms with Crippen LogP contribution in [-0.4, -0.2) is 16.0 Å². The Morgan fingerprint density at radius 2 is 2.11 bits per heavy atom. The summed E-state index contributed by atoms with van der Waals surface area (Å²) in [6, 6.07) is 9.03. The lowest BCUT2D eigenvalue weighted by Crippen LogP contribution is -2.09. The molecule has 1 heterocycles. The topological polar surface area (TPSA) is 74.1 Å². The maximum Gasteiger partial charge on any atom is 0.283 e. The maximum absolute atomic E-state index is 10.9. The molecule has 2 N–H and O–H groups in total. The van der Waals surface area contributed by atoms with E-state index < -0.39 is 0 Å². The molecular weight excluding hydrogens is 310 g/mol. The Hall–Kier alpha value is -1.66. The normalized spacial score (nSPS) is 10.6. The van der Waals surface area contributed by atoms with Gasteiger partial charge >= 0.3 is 0 Å². The summed E-state index contributed by atoms with van der Waals surface area (Å²) in [6.45, 7) is 1.17. The lowest BCUT2D eigenvalue weighted by Gasteiger charge is -2.10. The molecular formula is C13H14BrN3O2. The highest BCUT2D eigenvalue weighted by atomic mass is 79.9. The monoisotopic (exact) mass is 323 g/mol. The van der Waals surface area contributed by atoms with Crippen molar-refractivity contribution in [3.63, 3.8) is 0 Å². The number of rotatable bonds is 5. The van der Waals surface area contributed by atoms with E-state index in [2.05, 4.69) is 20.5 Å². The number of nitrogens with two attached hydrogens (primary N) is 1. The number of halogens is 1. The summed E-state index contributed by atoms with van der Waals surface area (Å²) in [6.07, 6.45) is 2.75. The van der Waals surface area contributed by atoms with Gasteiger partial charge in [0.2, 0.25) is 0 Å². The van der Waals surface area contributed by atoms with Gasteiger partial charge in [-0.3, -0.25) is 10.1 Å². The number of hydrogen-bond donors (Lipinski definition) is 1. The SMILES string of the molecule is NCCc1cccn1Cc1cccc([N+](=O)[O-])c1Br. The van der Waals surface area contributed by atoms with Crippen LogP contribution in [0, 0.1) is 10.1 Å². The average molecular weight is 324 g/mol. The number of hydrogen-bond acceptors (Lipinski definition) is 3. The van der Waals surface area contributed by atoms with Gasteiger partial charge in [-0.1, -0.05) is 12.1 Å². The molecule has 2 rings (SSSR count). The molecule has 0 unspecified atom stereocenters. The second-order valence-electron chi connectivity index (χ2n) is 4.17. The van der Waals surface area contributed by atoms with E-state index in [0.29, 0.717) is 17.6 Å². The van der Waals surface area contributed by atoms with E-state index in [0.717, 1.165) is 17.7 Å². The van der Waals surface area contributed by atoms with Gasteiger partial charge in [-0.05, 0) is 46.6 Å². The number of aromatic nitrogens is 1. The summed E-state index contributed by atoms with van der Waals surface area (Å²) in [7, 11) is 0. The minimum atomic E-state index is -0.385. The van der Waals surface area contributed by atoms with Crippen LogP contribution < -0.4 is 5.73 Å². The van der Waals surface area contributed by atoms with Crippen molar-refractivity contribution in [2.75, 3.05) is 6.54 Å². The highest BCUT2D eigenvalue weighted by Crippen LogP contribution is 2.29. The molecule has 0 aliphatic heterocycles. The fourth-order valence-corrected chi connectivity index (χ4v) is 2.53. The highest BCUT2D eigenvalue weighted by molar-refractivity contribution is 9.10. The zero-order valence-corrected chi connectivity index (χ0v) is 11.8. The predicted octanol–water partition coefficient (Wildman–Crippen LogP) is 2.71. The van der Waals surface area contributed by atoms with Gasteiger partial charge in [-0.2, -0.15) is 0 Å². The van der Waals surface area contributed by atoms with Gasteiger partial charge in [0.15, 0.2) is 0 Å². The fraction of sp³-hybridized carbons (Fsp3) is 0.231. The van der Waals surface area contributed by atoms with E-state index >= 15 is 0 Å². The van der Waals surface area contributed by atoms with Crippen LogP contribution >= 0.6 is 15.9 Å². The van der Waals surface area contributed by atoms with Crippen molar-refractivity contribution in [2.45, 2.75) is 13.0 Å². The van der Waals surface area contributed by atoms with Gasteiger partial charge < -0.3 is 10.3 Å². The van der Waals surface area contributed by atoms with Crippen molar-refractivity contribution < 1.29 is 4.92 Å². The first-order chi connectivity index (χ1) is 9.13. The molecule has 2 aromatic rings. The second kappa shape index (κ2) is 5.99. The van der Waals surface area contributed by atoms with E-state index in [1.807, 2.05) is 24.4 Å². The van der Waals surface area contributed by atoms with Gasteiger partial charge in [0.05, 0.1) is 4.92 Å². The Kier molecular flexibility index (Phi) is 4.34. The summed E-state index contributed by atoms with van der Waals surface area (Å²) in [5.41, 5.74) is 7.66. The van der Waals surface area contributed by atoms with Crippen LogP contribution in [0.25, 0.3) is 0 Å². The first kappa shape index (κ1) is 13.8. The molecule has 100 valence electrons. The van der Waals surface area contributed by atoms with Gasteiger partial charge in [0.1, 0.15) is 4.47 Å². The molecule has 0 spiro atoms. The van der Waals surface area contributed by atoms with Crippen molar-refractivity contribution in [3.05, 3.63) is 62.4 Å². The molecule has 1 aromatic heterocycles. The van der Waals surface area contributed by atoms with Gasteiger partial charge in [0.25, 0.3) is 5.69 Å². The first-order valence-corrected chi connectivity index (χ1v) is 6.68. The summed E-state index contributed by atoms with van der Waals surface area (Å²) in [5.74, 6) is 0. The van der Waals surface area contributed by atoms with Crippen LogP contribution in [0.5, 0.6) is 0 Å². The van der Waals surface area contributed by atoms with E-state index in [1.54, 1.807) is 6.07 Å². The maximum atomic E-state index is 10.9. The highest BCUT2D eigenvalue weighted by Gasteiger charge is 2.15. The molecule has 0 amide bonds. The van der Waals surface area contributed by atoms with Crippen molar-refractivity contribution in [1.82, 2.24) is 4.57 Å². The third kappa shape index (κ3) is 3.02. The zero-order valence-electron chi connectivity index (χ0n) is 10.3. The van der Waals surface area contributed by atoms with E-state index in [1.165, 1.54) is 6.07 Å². The molecule has 0 bridgehead atoms. The van der Waals surface area contributed by atoms with Crippen LogP contribution in [0.1, 0.15) is 11.3 Å². The quantitative estimate of drug-likeness (QED) is 0.679. The number of nitro groups is 1. The van der Waals surface area contributed by atoms with Gasteiger partial charge in [-0.15, -0.1) is 0 Å². The predicted molar refractivity (Wildman–Crippen MR) is 77.1 cm³/mol. The van der Waals surface area contributed by atoms with Crippen molar-refractivity contribution in [2.24, 2.45) is 5.73 Å². The van der Waals surface area contributed by atoms with Crippen molar-refractivity contribution in [1.29, 1.82) is 0 Å². The smallest absolute Gasteiger partial charge is 0.283 e. The first-order valence-electron chi connectivity index (χ1n) is 5.89. The zero-order chi connectivity index (χ0) is 13.8. The molecule has 19 heavy (non-hydrogen) atoms. The molecule has 5 nitrogen and oxygen atoms in total. The Balaban J connectivity index is 2.31. The molecule has 0 aliphatic rings. The average Bonchev–Trinajstić information content (AvgIpc) is 2.79. The Morgan fingerprint density at radius 3 is 2.79 bits per heavy atom. The molecule has 1 aromatic carbocycles. The summed E-state index contributed by atoms with van der Waals surface area (Å²) in [5, 5.41) is 10.9. The minimum Gasteiger partial charge on any atom is -0.347 e. The number of nitrogens with zero attached hydrogens (tertiary/aromatic N) is 2. The number of benzene rings is 1. The minimum absolute atomic E-state index is 0.0880. The molecule has 0 saturated carbocycles. The Bertz CT molecular complexity index is 595. The lowest BCUT2D eigenvalue weighted by molar-refractivity contribution is -0.385. The van der Waals surface area contributed by atoms with E-state index in [-0.39, 0.29) is 10.6 Å².